The van der Waals surface area contributed by atoms with Crippen LogP contribution in [0.15, 0.2) is 48.5 Å². The van der Waals surface area contributed by atoms with Crippen molar-refractivity contribution in [3.63, 3.8) is 0 Å². The third-order valence-corrected chi connectivity index (χ3v) is 3.80. The Balaban J connectivity index is 2.49. The lowest BCUT2D eigenvalue weighted by Crippen LogP contribution is -2.28. The van der Waals surface area contributed by atoms with E-state index >= 15 is 0 Å². The summed E-state index contributed by atoms with van der Waals surface area (Å²) >= 11 is 0. The Bertz CT molecular complexity index is 784. The van der Waals surface area contributed by atoms with Crippen LogP contribution in [0.4, 0.5) is 0 Å². The predicted molar refractivity (Wildman–Crippen MR) is 94.9 cm³/mol. The van der Waals surface area contributed by atoms with E-state index in [-0.39, 0.29) is 28.4 Å². The minimum atomic E-state index is -0.588. The molecule has 0 N–H and O–H groups in total. The molecule has 5 nitrogen and oxygen atoms in total. The summed E-state index contributed by atoms with van der Waals surface area (Å²) in [5.74, 6) is -1.08. The number of benzene rings is 2. The molecule has 0 aliphatic carbocycles. The van der Waals surface area contributed by atoms with E-state index in [1.165, 1.54) is 25.3 Å². The van der Waals surface area contributed by atoms with Gasteiger partial charge in [-0.05, 0) is 24.6 Å². The zero-order chi connectivity index (χ0) is 18.4. The van der Waals surface area contributed by atoms with Crippen LogP contribution in [0.5, 0.6) is 0 Å². The molecule has 5 heteroatoms. The maximum atomic E-state index is 12.7. The quantitative estimate of drug-likeness (QED) is 0.599. The van der Waals surface area contributed by atoms with E-state index in [9.17, 15) is 14.4 Å². The number of hydrogen-bond acceptors (Lipinski definition) is 4. The average Bonchev–Trinajstić information content (AvgIpc) is 2.66. The summed E-state index contributed by atoms with van der Waals surface area (Å²) in [5.41, 5.74) is 1.24. The van der Waals surface area contributed by atoms with Gasteiger partial charge in [-0.2, -0.15) is 0 Å². The van der Waals surface area contributed by atoms with Crippen LogP contribution in [0.1, 0.15) is 50.0 Å². The average molecular weight is 339 g/mol. The lowest BCUT2D eigenvalue weighted by Gasteiger charge is -2.17. The molecule has 0 aliphatic rings. The van der Waals surface area contributed by atoms with E-state index in [0.29, 0.717) is 12.1 Å². The van der Waals surface area contributed by atoms with Crippen LogP contribution in [-0.2, 0) is 4.74 Å². The molecule has 0 aliphatic heterocycles. The number of methoxy groups -OCH3 is 1. The number of carbonyl (C=O) groups excluding carboxylic acids is 3. The molecule has 0 spiro atoms. The van der Waals surface area contributed by atoms with Gasteiger partial charge in [-0.15, -0.1) is 0 Å². The van der Waals surface area contributed by atoms with Crippen LogP contribution in [0.3, 0.4) is 0 Å². The second-order valence-electron chi connectivity index (χ2n) is 5.71. The fourth-order valence-electron chi connectivity index (χ4n) is 2.53. The van der Waals surface area contributed by atoms with Crippen molar-refractivity contribution < 1.29 is 19.1 Å². The molecule has 2 aromatic rings. The normalized spacial score (nSPS) is 10.2. The molecule has 0 radical (unpaired) electrons. The number of ether oxygens (including phenoxy) is 1. The van der Waals surface area contributed by atoms with Gasteiger partial charge >= 0.3 is 5.97 Å². The van der Waals surface area contributed by atoms with E-state index < -0.39 is 5.97 Å². The van der Waals surface area contributed by atoms with Crippen molar-refractivity contribution in [1.29, 1.82) is 0 Å². The van der Waals surface area contributed by atoms with Crippen molar-refractivity contribution in [3.05, 3.63) is 70.8 Å². The molecule has 0 fully saturated rings. The highest BCUT2D eigenvalue weighted by Crippen LogP contribution is 2.17. The SMILES string of the molecule is CCCN(C)C(=O)c1cc(C(=O)OC)cc(C(=O)c2ccccc2)c1. The molecule has 2 rings (SSSR count). The molecular weight excluding hydrogens is 318 g/mol. The lowest BCUT2D eigenvalue weighted by atomic mass is 9.98. The summed E-state index contributed by atoms with van der Waals surface area (Å²) in [6, 6.07) is 13.2. The fraction of sp³-hybridized carbons (Fsp3) is 0.250. The molecule has 0 atom stereocenters. The minimum absolute atomic E-state index is 0.178. The van der Waals surface area contributed by atoms with Gasteiger partial charge in [0.25, 0.3) is 5.91 Å². The zero-order valence-corrected chi connectivity index (χ0v) is 14.6. The first-order chi connectivity index (χ1) is 12.0. The molecule has 0 aromatic heterocycles. The van der Waals surface area contributed by atoms with Crippen LogP contribution < -0.4 is 0 Å². The topological polar surface area (TPSA) is 63.7 Å². The molecule has 25 heavy (non-hydrogen) atoms. The first-order valence-electron chi connectivity index (χ1n) is 8.06. The monoisotopic (exact) mass is 339 g/mol. The third-order valence-electron chi connectivity index (χ3n) is 3.80. The summed E-state index contributed by atoms with van der Waals surface area (Å²) in [7, 11) is 2.95. The summed E-state index contributed by atoms with van der Waals surface area (Å²) in [5, 5.41) is 0. The summed E-state index contributed by atoms with van der Waals surface area (Å²) in [6.45, 7) is 2.56. The maximum absolute atomic E-state index is 12.7. The van der Waals surface area contributed by atoms with E-state index in [4.69, 9.17) is 4.74 Å². The Morgan fingerprint density at radius 3 is 2.12 bits per heavy atom. The van der Waals surface area contributed by atoms with Crippen LogP contribution in [0, 0.1) is 0 Å². The molecule has 130 valence electrons. The molecule has 1 amide bonds. The van der Waals surface area contributed by atoms with Gasteiger partial charge in [-0.25, -0.2) is 4.79 Å². The van der Waals surface area contributed by atoms with Gasteiger partial charge < -0.3 is 9.64 Å². The number of hydrogen-bond donors (Lipinski definition) is 0. The van der Waals surface area contributed by atoms with E-state index in [1.54, 1.807) is 36.2 Å². The highest BCUT2D eigenvalue weighted by molar-refractivity contribution is 6.11. The molecule has 0 bridgehead atoms. The summed E-state index contributed by atoms with van der Waals surface area (Å²) in [6.07, 6.45) is 0.814. The van der Waals surface area contributed by atoms with E-state index in [0.717, 1.165) is 6.42 Å². The second-order valence-corrected chi connectivity index (χ2v) is 5.71. The van der Waals surface area contributed by atoms with Crippen molar-refractivity contribution in [3.8, 4) is 0 Å². The predicted octanol–water partition coefficient (Wildman–Crippen LogP) is 3.19. The number of carbonyl (C=O) groups is 3. The van der Waals surface area contributed by atoms with E-state index in [1.807, 2.05) is 13.0 Å². The van der Waals surface area contributed by atoms with E-state index in [2.05, 4.69) is 0 Å². The van der Waals surface area contributed by atoms with Crippen molar-refractivity contribution >= 4 is 17.7 Å². The first-order valence-corrected chi connectivity index (χ1v) is 8.06. The number of rotatable bonds is 6. The van der Waals surface area contributed by atoms with Crippen LogP contribution in [0.25, 0.3) is 0 Å². The number of ketones is 1. The van der Waals surface area contributed by atoms with Gasteiger partial charge in [-0.3, -0.25) is 9.59 Å². The van der Waals surface area contributed by atoms with Crippen molar-refractivity contribution in [1.82, 2.24) is 4.90 Å². The smallest absolute Gasteiger partial charge is 0.337 e. The summed E-state index contributed by atoms with van der Waals surface area (Å²) < 4.78 is 4.74. The van der Waals surface area contributed by atoms with Gasteiger partial charge in [0.1, 0.15) is 0 Å². The number of esters is 1. The first kappa shape index (κ1) is 18.4. The standard InChI is InChI=1S/C20H21NO4/c1-4-10-21(2)19(23)16-11-15(12-17(13-16)20(24)25-3)18(22)14-8-6-5-7-9-14/h5-9,11-13H,4,10H2,1-3H3. The Hall–Kier alpha value is -2.95. The highest BCUT2D eigenvalue weighted by Gasteiger charge is 2.19. The van der Waals surface area contributed by atoms with Crippen molar-refractivity contribution in [2.24, 2.45) is 0 Å². The van der Waals surface area contributed by atoms with Crippen LogP contribution >= 0.6 is 0 Å². The molecule has 0 heterocycles. The minimum Gasteiger partial charge on any atom is -0.465 e. The van der Waals surface area contributed by atoms with Gasteiger partial charge in [0.05, 0.1) is 12.7 Å². The Labute approximate surface area is 147 Å². The molecule has 0 saturated carbocycles. The second kappa shape index (κ2) is 8.24. The van der Waals surface area contributed by atoms with Crippen LogP contribution in [0.2, 0.25) is 0 Å². The van der Waals surface area contributed by atoms with Gasteiger partial charge in [0.2, 0.25) is 0 Å². The highest BCUT2D eigenvalue weighted by atomic mass is 16.5. The number of nitrogens with zero attached hydrogens (tertiary/aromatic N) is 1. The Morgan fingerprint density at radius 2 is 1.52 bits per heavy atom. The molecule has 0 saturated heterocycles. The number of amides is 1. The third kappa shape index (κ3) is 4.32. The Morgan fingerprint density at radius 1 is 0.920 bits per heavy atom. The summed E-state index contributed by atoms with van der Waals surface area (Å²) in [4.78, 5) is 38.8. The fourth-order valence-corrected chi connectivity index (χ4v) is 2.53. The van der Waals surface area contributed by atoms with Gasteiger partial charge in [0.15, 0.2) is 5.78 Å². The van der Waals surface area contributed by atoms with Gasteiger partial charge in [0, 0.05) is 30.3 Å². The largest absolute Gasteiger partial charge is 0.465 e. The Kier molecular flexibility index (Phi) is 6.06. The van der Waals surface area contributed by atoms with Crippen LogP contribution in [-0.4, -0.2) is 43.3 Å². The molecule has 0 unspecified atom stereocenters. The van der Waals surface area contributed by atoms with Crippen molar-refractivity contribution in [2.75, 3.05) is 20.7 Å². The zero-order valence-electron chi connectivity index (χ0n) is 14.6. The van der Waals surface area contributed by atoms with Crippen molar-refractivity contribution in [2.45, 2.75) is 13.3 Å². The molecular formula is C20H21NO4. The molecule has 2 aromatic carbocycles. The van der Waals surface area contributed by atoms with Gasteiger partial charge in [-0.1, -0.05) is 37.3 Å². The maximum Gasteiger partial charge on any atom is 0.337 e. The lowest BCUT2D eigenvalue weighted by molar-refractivity contribution is 0.0600.